The molecule has 0 aliphatic rings. The Morgan fingerprint density at radius 2 is 1.76 bits per heavy atom. The highest BCUT2D eigenvalue weighted by atomic mass is 32.1. The molecular formula is C11H12BF4N3OS. The lowest BCUT2D eigenvalue weighted by molar-refractivity contribution is -0.712. The number of hydrogen-bond acceptors (Lipinski definition) is 3. The molecule has 0 aliphatic heterocycles. The van der Waals surface area contributed by atoms with Crippen LogP contribution in [-0.2, 0) is 7.05 Å². The van der Waals surface area contributed by atoms with Gasteiger partial charge in [0.25, 0.3) is 5.69 Å². The normalized spacial score (nSPS) is 11.8. The van der Waals surface area contributed by atoms with Crippen LogP contribution in [0, 0.1) is 5.21 Å². The van der Waals surface area contributed by atoms with E-state index >= 15 is 0 Å². The van der Waals surface area contributed by atoms with Crippen molar-refractivity contribution < 1.29 is 26.7 Å². The van der Waals surface area contributed by atoms with Crippen LogP contribution >= 0.6 is 11.5 Å². The van der Waals surface area contributed by atoms with E-state index < -0.39 is 7.25 Å². The first-order valence-corrected chi connectivity index (χ1v) is 6.49. The highest BCUT2D eigenvalue weighted by molar-refractivity contribution is 7.07. The summed E-state index contributed by atoms with van der Waals surface area (Å²) in [6, 6.07) is 9.92. The molecular weight excluding hydrogens is 309 g/mol. The molecule has 0 aliphatic carbocycles. The van der Waals surface area contributed by atoms with Crippen molar-refractivity contribution in [1.29, 1.82) is 0 Å². The van der Waals surface area contributed by atoms with Crippen LogP contribution in [0.5, 0.6) is 0 Å². The fourth-order valence-electron chi connectivity index (χ4n) is 1.52. The number of nitrogens with zero attached hydrogens (tertiary/aromatic N) is 3. The minimum absolute atomic E-state index is 0.792. The van der Waals surface area contributed by atoms with E-state index in [0.717, 1.165) is 20.9 Å². The van der Waals surface area contributed by atoms with Gasteiger partial charge in [0.15, 0.2) is 18.1 Å². The Morgan fingerprint density at radius 3 is 2.24 bits per heavy atom. The summed E-state index contributed by atoms with van der Waals surface area (Å²) in [5, 5.41) is 11.0. The van der Waals surface area contributed by atoms with Crippen LogP contribution in [0.25, 0.3) is 11.3 Å². The molecule has 0 bridgehead atoms. The third-order valence-corrected chi connectivity index (χ3v) is 2.99. The summed E-state index contributed by atoms with van der Waals surface area (Å²) >= 11 is 1.32. The monoisotopic (exact) mass is 321 g/mol. The van der Waals surface area contributed by atoms with Gasteiger partial charge in [0.2, 0.25) is 0 Å². The molecule has 10 heteroatoms. The van der Waals surface area contributed by atoms with Gasteiger partial charge in [-0.25, -0.2) is 4.74 Å². The molecule has 0 atom stereocenters. The third kappa shape index (κ3) is 6.34. The zero-order valence-corrected chi connectivity index (χ0v) is 12.0. The molecule has 2 aromatic rings. The average molecular weight is 321 g/mol. The first-order chi connectivity index (χ1) is 9.68. The average Bonchev–Trinajstić information content (AvgIpc) is 2.68. The summed E-state index contributed by atoms with van der Waals surface area (Å²) in [5.74, 6) is 0. The van der Waals surface area contributed by atoms with Crippen molar-refractivity contribution in [3.63, 3.8) is 0 Å². The number of halogens is 4. The van der Waals surface area contributed by atoms with Crippen LogP contribution in [0.4, 0.5) is 17.3 Å². The van der Waals surface area contributed by atoms with E-state index in [1.165, 1.54) is 18.6 Å². The van der Waals surface area contributed by atoms with Crippen molar-refractivity contribution in [2.24, 2.45) is 7.05 Å². The minimum atomic E-state index is -6.00. The second-order valence-electron chi connectivity index (χ2n) is 3.95. The first kappa shape index (κ1) is 17.1. The largest absolute Gasteiger partial charge is 0.673 e. The van der Waals surface area contributed by atoms with Crippen LogP contribution in [0.2, 0.25) is 0 Å². The van der Waals surface area contributed by atoms with Crippen LogP contribution in [0.1, 0.15) is 4.88 Å². The molecule has 0 saturated heterocycles. The molecule has 1 aromatic carbocycles. The summed E-state index contributed by atoms with van der Waals surface area (Å²) in [6.07, 6.45) is 1.54. The maximum atomic E-state index is 11.0. The molecule has 1 aromatic heterocycles. The molecule has 114 valence electrons. The molecule has 1 heterocycles. The summed E-state index contributed by atoms with van der Waals surface area (Å²) in [7, 11) is -2.66. The molecule has 4 nitrogen and oxygen atoms in total. The van der Waals surface area contributed by atoms with Gasteiger partial charge in [-0.2, -0.15) is 0 Å². The van der Waals surface area contributed by atoms with Crippen LogP contribution < -0.4 is 4.68 Å². The van der Waals surface area contributed by atoms with Gasteiger partial charge in [-0.1, -0.05) is 22.9 Å². The first-order valence-electron chi connectivity index (χ1n) is 5.72. The molecule has 0 spiro atoms. The van der Waals surface area contributed by atoms with Crippen LogP contribution in [0.3, 0.4) is 0 Å². The van der Waals surface area contributed by atoms with Gasteiger partial charge in [0.05, 0.1) is 10.1 Å². The van der Waals surface area contributed by atoms with Gasteiger partial charge in [0, 0.05) is 11.5 Å². The minimum Gasteiger partial charge on any atom is -0.624 e. The van der Waals surface area contributed by atoms with Gasteiger partial charge < -0.3 is 22.5 Å². The summed E-state index contributed by atoms with van der Waals surface area (Å²) in [5.41, 5.74) is 2.03. The number of benzene rings is 1. The van der Waals surface area contributed by atoms with E-state index in [1.54, 1.807) is 10.9 Å². The van der Waals surface area contributed by atoms with Crippen molar-refractivity contribution in [1.82, 2.24) is 4.49 Å². The SMILES string of the molecule is C/[N+]([O-])=C/c1sn[n+](C)c1-c1ccccc1.F[B-](F)(F)F. The Balaban J connectivity index is 0.000000383. The van der Waals surface area contributed by atoms with Gasteiger partial charge >= 0.3 is 7.25 Å². The standard InChI is InChI=1S/C11H12N3OS.BF4/c1-13(15)8-10-11(14(2)12-16-10)9-6-4-3-5-7-9;2-1(3,4)5/h3-8H,1-2H3;/q+1;-1/b13-8-;. The quantitative estimate of drug-likeness (QED) is 0.213. The van der Waals surface area contributed by atoms with Crippen LogP contribution in [-0.4, -0.2) is 29.7 Å². The Labute approximate surface area is 122 Å². The number of rotatable bonds is 2. The lowest BCUT2D eigenvalue weighted by Gasteiger charge is -1.95. The second-order valence-corrected chi connectivity index (χ2v) is 4.73. The van der Waals surface area contributed by atoms with Crippen molar-refractivity contribution >= 4 is 25.0 Å². The number of aryl methyl sites for hydroxylation is 1. The van der Waals surface area contributed by atoms with E-state index in [0.29, 0.717) is 0 Å². The Hall–Kier alpha value is -1.97. The molecule has 21 heavy (non-hydrogen) atoms. The highest BCUT2D eigenvalue weighted by Crippen LogP contribution is 2.20. The maximum absolute atomic E-state index is 11.0. The fourth-order valence-corrected chi connectivity index (χ4v) is 2.35. The zero-order chi connectivity index (χ0) is 16.0. The Bertz CT molecular complexity index is 606. The molecule has 0 fully saturated rings. The summed E-state index contributed by atoms with van der Waals surface area (Å²) < 4.78 is 45.8. The molecule has 2 rings (SSSR count). The molecule has 0 amide bonds. The number of aromatic nitrogens is 2. The highest BCUT2D eigenvalue weighted by Gasteiger charge is 2.21. The third-order valence-electron chi connectivity index (χ3n) is 2.16. The molecule has 0 radical (unpaired) electrons. The smallest absolute Gasteiger partial charge is 0.624 e. The summed E-state index contributed by atoms with van der Waals surface area (Å²) in [4.78, 5) is 0.867. The van der Waals surface area contributed by atoms with Crippen molar-refractivity contribution in [2.45, 2.75) is 0 Å². The maximum Gasteiger partial charge on any atom is 0.673 e. The number of hydroxylamine groups is 1. The van der Waals surface area contributed by atoms with Crippen molar-refractivity contribution in [2.75, 3.05) is 7.05 Å². The Morgan fingerprint density at radius 1 is 1.24 bits per heavy atom. The summed E-state index contributed by atoms with van der Waals surface area (Å²) in [6.45, 7) is 0. The zero-order valence-electron chi connectivity index (χ0n) is 11.2. The van der Waals surface area contributed by atoms with Gasteiger partial charge in [0.1, 0.15) is 7.05 Å². The lowest BCUT2D eigenvalue weighted by atomic mass is 10.1. The van der Waals surface area contributed by atoms with Crippen molar-refractivity contribution in [3.8, 4) is 11.3 Å². The Kier molecular flexibility index (Phi) is 5.83. The van der Waals surface area contributed by atoms with Crippen molar-refractivity contribution in [3.05, 3.63) is 40.4 Å². The fraction of sp³-hybridized carbons (Fsp3) is 0.182. The second kappa shape index (κ2) is 7.16. The lowest BCUT2D eigenvalue weighted by Crippen LogP contribution is -2.31. The van der Waals surface area contributed by atoms with Crippen LogP contribution in [0.15, 0.2) is 30.3 Å². The van der Waals surface area contributed by atoms with Gasteiger partial charge in [-0.15, -0.1) is 0 Å². The molecule has 0 unspecified atom stereocenters. The van der Waals surface area contributed by atoms with E-state index in [1.807, 2.05) is 37.4 Å². The number of hydrogen-bond donors (Lipinski definition) is 0. The topological polar surface area (TPSA) is 42.8 Å². The van der Waals surface area contributed by atoms with E-state index in [4.69, 9.17) is 0 Å². The predicted molar refractivity (Wildman–Crippen MR) is 73.6 cm³/mol. The molecule has 0 N–H and O–H groups in total. The van der Waals surface area contributed by atoms with E-state index in [-0.39, 0.29) is 0 Å². The predicted octanol–water partition coefficient (Wildman–Crippen LogP) is 2.49. The van der Waals surface area contributed by atoms with E-state index in [2.05, 4.69) is 4.49 Å². The van der Waals surface area contributed by atoms with Gasteiger partial charge in [-0.05, 0) is 12.1 Å². The van der Waals surface area contributed by atoms with E-state index in [9.17, 15) is 22.5 Å². The van der Waals surface area contributed by atoms with Gasteiger partial charge in [-0.3, -0.25) is 0 Å². The molecule has 0 saturated carbocycles.